The number of hydrogen-bond donors (Lipinski definition) is 2. The molecule has 2 rings (SSSR count). The van der Waals surface area contributed by atoms with Gasteiger partial charge in [-0.15, -0.1) is 0 Å². The van der Waals surface area contributed by atoms with E-state index in [1.807, 2.05) is 6.07 Å². The fourth-order valence-corrected chi connectivity index (χ4v) is 2.61. The van der Waals surface area contributed by atoms with Crippen LogP contribution in [0.25, 0.3) is 0 Å². The molecular formula is C12H16BrN3O2. The zero-order valence-electron chi connectivity index (χ0n) is 10.1. The number of hydrogen-bond acceptors (Lipinski definition) is 4. The molecule has 0 saturated carbocycles. The van der Waals surface area contributed by atoms with Crippen LogP contribution < -0.4 is 10.6 Å². The third kappa shape index (κ3) is 3.20. The molecule has 1 aliphatic rings. The van der Waals surface area contributed by atoms with Gasteiger partial charge in [0.15, 0.2) is 0 Å². The number of nitrogens with zero attached hydrogens (tertiary/aromatic N) is 1. The van der Waals surface area contributed by atoms with Gasteiger partial charge in [-0.25, -0.2) is 0 Å². The Kier molecular flexibility index (Phi) is 4.19. The number of halogens is 1. The van der Waals surface area contributed by atoms with E-state index in [-0.39, 0.29) is 10.6 Å². The van der Waals surface area contributed by atoms with Gasteiger partial charge in [-0.3, -0.25) is 10.1 Å². The molecule has 0 aromatic heterocycles. The van der Waals surface area contributed by atoms with E-state index in [0.717, 1.165) is 23.9 Å². The quantitative estimate of drug-likeness (QED) is 0.665. The highest BCUT2D eigenvalue weighted by atomic mass is 79.9. The fraction of sp³-hybridized carbons (Fsp3) is 0.500. The van der Waals surface area contributed by atoms with Gasteiger partial charge in [0.25, 0.3) is 5.69 Å². The molecule has 1 aliphatic heterocycles. The van der Waals surface area contributed by atoms with Crippen molar-refractivity contribution in [3.63, 3.8) is 0 Å². The SMILES string of the molecule is CC1CC(Nc2ccc(Br)cc2[N+](=O)[O-])CCN1. The second kappa shape index (κ2) is 5.67. The van der Waals surface area contributed by atoms with Gasteiger partial charge in [-0.05, 0) is 38.4 Å². The van der Waals surface area contributed by atoms with E-state index in [2.05, 4.69) is 33.5 Å². The third-order valence-corrected chi connectivity index (χ3v) is 3.63. The Morgan fingerprint density at radius 2 is 2.33 bits per heavy atom. The molecule has 18 heavy (non-hydrogen) atoms. The predicted molar refractivity (Wildman–Crippen MR) is 74.9 cm³/mol. The van der Waals surface area contributed by atoms with Gasteiger partial charge in [0.1, 0.15) is 5.69 Å². The molecule has 98 valence electrons. The van der Waals surface area contributed by atoms with Crippen LogP contribution in [0.3, 0.4) is 0 Å². The Bertz CT molecular complexity index is 453. The summed E-state index contributed by atoms with van der Waals surface area (Å²) in [6.45, 7) is 3.08. The molecule has 1 fully saturated rings. The highest BCUT2D eigenvalue weighted by Gasteiger charge is 2.21. The highest BCUT2D eigenvalue weighted by molar-refractivity contribution is 9.10. The molecule has 1 heterocycles. The minimum atomic E-state index is -0.350. The minimum Gasteiger partial charge on any atom is -0.377 e. The van der Waals surface area contributed by atoms with Crippen LogP contribution in [0.4, 0.5) is 11.4 Å². The smallest absolute Gasteiger partial charge is 0.293 e. The normalized spacial score (nSPS) is 23.7. The Labute approximate surface area is 114 Å². The number of nitro benzene ring substituents is 1. The first kappa shape index (κ1) is 13.3. The second-order valence-electron chi connectivity index (χ2n) is 4.64. The zero-order chi connectivity index (χ0) is 13.1. The molecule has 5 nitrogen and oxygen atoms in total. The van der Waals surface area contributed by atoms with Crippen LogP contribution in [0, 0.1) is 10.1 Å². The second-order valence-corrected chi connectivity index (χ2v) is 5.56. The van der Waals surface area contributed by atoms with E-state index < -0.39 is 0 Å². The first-order valence-electron chi connectivity index (χ1n) is 6.00. The van der Waals surface area contributed by atoms with Gasteiger partial charge in [0, 0.05) is 22.6 Å². The summed E-state index contributed by atoms with van der Waals surface area (Å²) >= 11 is 3.26. The molecule has 1 aromatic rings. The topological polar surface area (TPSA) is 67.2 Å². The Hall–Kier alpha value is -1.14. The average molecular weight is 314 g/mol. The maximum absolute atomic E-state index is 11.0. The number of rotatable bonds is 3. The van der Waals surface area contributed by atoms with Gasteiger partial charge in [-0.1, -0.05) is 15.9 Å². The summed E-state index contributed by atoms with van der Waals surface area (Å²) < 4.78 is 0.721. The van der Waals surface area contributed by atoms with Crippen molar-refractivity contribution in [3.05, 3.63) is 32.8 Å². The van der Waals surface area contributed by atoms with Crippen LogP contribution in [0.1, 0.15) is 19.8 Å². The Morgan fingerprint density at radius 3 is 3.00 bits per heavy atom. The summed E-state index contributed by atoms with van der Waals surface area (Å²) in [6.07, 6.45) is 1.96. The lowest BCUT2D eigenvalue weighted by Gasteiger charge is -2.29. The maximum Gasteiger partial charge on any atom is 0.293 e. The van der Waals surface area contributed by atoms with Crippen molar-refractivity contribution in [3.8, 4) is 0 Å². The lowest BCUT2D eigenvalue weighted by atomic mass is 10.0. The van der Waals surface area contributed by atoms with Crippen LogP contribution >= 0.6 is 15.9 Å². The van der Waals surface area contributed by atoms with Gasteiger partial charge < -0.3 is 10.6 Å². The van der Waals surface area contributed by atoms with Gasteiger partial charge in [-0.2, -0.15) is 0 Å². The van der Waals surface area contributed by atoms with E-state index in [9.17, 15) is 10.1 Å². The van der Waals surface area contributed by atoms with E-state index in [1.165, 1.54) is 6.07 Å². The summed E-state index contributed by atoms with van der Waals surface area (Å²) in [6, 6.07) is 5.86. The lowest BCUT2D eigenvalue weighted by molar-refractivity contribution is -0.384. The zero-order valence-corrected chi connectivity index (χ0v) is 11.7. The summed E-state index contributed by atoms with van der Waals surface area (Å²) in [5.41, 5.74) is 0.720. The standard InChI is InChI=1S/C12H16BrN3O2/c1-8-6-10(4-5-14-8)15-11-3-2-9(13)7-12(11)16(17)18/h2-3,7-8,10,14-15H,4-6H2,1H3. The number of nitro groups is 1. The summed E-state index contributed by atoms with van der Waals surface area (Å²) in [5, 5.41) is 17.7. The van der Waals surface area contributed by atoms with Gasteiger partial charge in [0.2, 0.25) is 0 Å². The predicted octanol–water partition coefficient (Wildman–Crippen LogP) is 2.91. The van der Waals surface area contributed by atoms with E-state index >= 15 is 0 Å². The van der Waals surface area contributed by atoms with Gasteiger partial charge >= 0.3 is 0 Å². The van der Waals surface area contributed by atoms with E-state index in [0.29, 0.717) is 17.8 Å². The molecule has 0 spiro atoms. The number of nitrogens with one attached hydrogen (secondary N) is 2. The van der Waals surface area contributed by atoms with Crippen molar-refractivity contribution in [2.24, 2.45) is 0 Å². The number of anilines is 1. The first-order valence-corrected chi connectivity index (χ1v) is 6.79. The van der Waals surface area contributed by atoms with E-state index in [4.69, 9.17) is 0 Å². The molecule has 0 amide bonds. The molecule has 6 heteroatoms. The fourth-order valence-electron chi connectivity index (χ4n) is 2.26. The molecule has 0 bridgehead atoms. The Balaban J connectivity index is 2.15. The summed E-state index contributed by atoms with van der Waals surface area (Å²) in [5.74, 6) is 0. The van der Waals surface area contributed by atoms with Crippen molar-refractivity contribution in [2.45, 2.75) is 31.8 Å². The van der Waals surface area contributed by atoms with Crippen LogP contribution in [0.5, 0.6) is 0 Å². The van der Waals surface area contributed by atoms with Crippen molar-refractivity contribution < 1.29 is 4.92 Å². The van der Waals surface area contributed by atoms with Crippen LogP contribution in [0.15, 0.2) is 22.7 Å². The van der Waals surface area contributed by atoms with Crippen LogP contribution in [0.2, 0.25) is 0 Å². The molecule has 2 unspecified atom stereocenters. The van der Waals surface area contributed by atoms with Crippen molar-refractivity contribution >= 4 is 27.3 Å². The maximum atomic E-state index is 11.0. The average Bonchev–Trinajstić information content (AvgIpc) is 2.31. The van der Waals surface area contributed by atoms with Crippen molar-refractivity contribution in [1.82, 2.24) is 5.32 Å². The molecule has 0 aliphatic carbocycles. The molecule has 0 radical (unpaired) electrons. The molecule has 1 saturated heterocycles. The van der Waals surface area contributed by atoms with Crippen LogP contribution in [-0.2, 0) is 0 Å². The molecular weight excluding hydrogens is 298 g/mol. The van der Waals surface area contributed by atoms with Crippen LogP contribution in [-0.4, -0.2) is 23.6 Å². The summed E-state index contributed by atoms with van der Waals surface area (Å²) in [7, 11) is 0. The number of piperidine rings is 1. The molecule has 1 aromatic carbocycles. The molecule has 2 N–H and O–H groups in total. The third-order valence-electron chi connectivity index (χ3n) is 3.14. The minimum absolute atomic E-state index is 0.121. The Morgan fingerprint density at radius 1 is 1.56 bits per heavy atom. The molecule has 2 atom stereocenters. The highest BCUT2D eigenvalue weighted by Crippen LogP contribution is 2.29. The largest absolute Gasteiger partial charge is 0.377 e. The summed E-state index contributed by atoms with van der Waals surface area (Å²) in [4.78, 5) is 10.7. The number of benzene rings is 1. The van der Waals surface area contributed by atoms with Crippen molar-refractivity contribution in [1.29, 1.82) is 0 Å². The first-order chi connectivity index (χ1) is 8.56. The monoisotopic (exact) mass is 313 g/mol. The van der Waals surface area contributed by atoms with Crippen molar-refractivity contribution in [2.75, 3.05) is 11.9 Å². The van der Waals surface area contributed by atoms with Gasteiger partial charge in [0.05, 0.1) is 4.92 Å². The lowest BCUT2D eigenvalue weighted by Crippen LogP contribution is -2.41. The van der Waals surface area contributed by atoms with E-state index in [1.54, 1.807) is 6.07 Å².